The zero-order valence-corrected chi connectivity index (χ0v) is 16.9. The topological polar surface area (TPSA) is 84.5 Å². The van der Waals surface area contributed by atoms with Crippen molar-refractivity contribution in [3.05, 3.63) is 63.0 Å². The van der Waals surface area contributed by atoms with Crippen LogP contribution in [0.5, 0.6) is 0 Å². The van der Waals surface area contributed by atoms with E-state index in [9.17, 15) is 9.59 Å². The number of H-pyrrole nitrogens is 1. The number of likely N-dealkylation sites (N-methyl/N-ethyl adjacent to an activating group) is 1. The third-order valence-electron chi connectivity index (χ3n) is 4.90. The number of amides is 1. The van der Waals surface area contributed by atoms with Crippen molar-refractivity contribution in [2.24, 2.45) is 0 Å². The van der Waals surface area contributed by atoms with E-state index in [2.05, 4.69) is 24.1 Å². The molecule has 148 valence electrons. The highest BCUT2D eigenvalue weighted by Gasteiger charge is 2.12. The van der Waals surface area contributed by atoms with Crippen LogP contribution < -0.4 is 15.8 Å². The largest absolute Gasteiger partial charge is 0.467 e. The molecule has 0 aliphatic rings. The highest BCUT2D eigenvalue weighted by Crippen LogP contribution is 2.12. The van der Waals surface area contributed by atoms with Crippen LogP contribution in [0.1, 0.15) is 30.0 Å². The number of aromatic nitrogens is 2. The fraction of sp³-hybridized carbons (Fsp3) is 0.350. The monoisotopic (exact) mass is 401 g/mol. The van der Waals surface area contributed by atoms with Crippen molar-refractivity contribution >= 4 is 29.0 Å². The molecule has 28 heavy (non-hydrogen) atoms. The lowest BCUT2D eigenvalue weighted by Gasteiger charge is -2.15. The van der Waals surface area contributed by atoms with E-state index in [4.69, 9.17) is 16.6 Å². The molecule has 0 saturated carbocycles. The number of benzene rings is 1. The van der Waals surface area contributed by atoms with Gasteiger partial charge in [0.15, 0.2) is 4.77 Å². The zero-order valence-electron chi connectivity index (χ0n) is 16.1. The summed E-state index contributed by atoms with van der Waals surface area (Å²) in [6.45, 7) is 8.07. The first-order valence-corrected chi connectivity index (χ1v) is 9.85. The fourth-order valence-electron chi connectivity index (χ4n) is 3.16. The van der Waals surface area contributed by atoms with Gasteiger partial charge in [0.2, 0.25) is 0 Å². The van der Waals surface area contributed by atoms with Crippen LogP contribution in [-0.2, 0) is 6.54 Å². The third-order valence-corrected chi connectivity index (χ3v) is 5.22. The molecule has 0 spiro atoms. The van der Waals surface area contributed by atoms with Crippen LogP contribution in [-0.4, -0.2) is 41.6 Å². The molecule has 0 bridgehead atoms. The van der Waals surface area contributed by atoms with Gasteiger partial charge >= 0.3 is 0 Å². The SMILES string of the molecule is CC[NH+](CC)CCNC(=O)c1ccc2c(=O)n(Cc3ccco3)c(=S)[nH]c2c1. The van der Waals surface area contributed by atoms with Gasteiger partial charge in [-0.15, -0.1) is 0 Å². The number of carbonyl (C=O) groups is 1. The average molecular weight is 402 g/mol. The zero-order chi connectivity index (χ0) is 20.1. The summed E-state index contributed by atoms with van der Waals surface area (Å²) in [4.78, 5) is 29.7. The minimum absolute atomic E-state index is 0.160. The molecule has 0 atom stereocenters. The van der Waals surface area contributed by atoms with E-state index in [1.807, 2.05) is 0 Å². The van der Waals surface area contributed by atoms with Crippen LogP contribution >= 0.6 is 12.2 Å². The average Bonchev–Trinajstić information content (AvgIpc) is 3.21. The van der Waals surface area contributed by atoms with Crippen molar-refractivity contribution in [3.63, 3.8) is 0 Å². The summed E-state index contributed by atoms with van der Waals surface area (Å²) in [6.07, 6.45) is 1.56. The van der Waals surface area contributed by atoms with Gasteiger partial charge in [0.1, 0.15) is 5.76 Å². The summed E-state index contributed by atoms with van der Waals surface area (Å²) >= 11 is 5.34. The Labute approximate surface area is 168 Å². The number of rotatable bonds is 8. The van der Waals surface area contributed by atoms with Crippen LogP contribution in [0.3, 0.4) is 0 Å². The summed E-state index contributed by atoms with van der Waals surface area (Å²) in [5, 5.41) is 3.41. The van der Waals surface area contributed by atoms with Crippen molar-refractivity contribution in [1.29, 1.82) is 0 Å². The summed E-state index contributed by atoms with van der Waals surface area (Å²) in [5.74, 6) is 0.486. The third kappa shape index (κ3) is 4.40. The maximum absolute atomic E-state index is 12.8. The van der Waals surface area contributed by atoms with E-state index < -0.39 is 0 Å². The Morgan fingerprint density at radius 2 is 2.07 bits per heavy atom. The standard InChI is InChI=1S/C20H24N4O3S/c1-3-23(4-2)10-9-21-18(25)14-7-8-16-17(12-14)22-20(28)24(19(16)26)13-15-6-5-11-27-15/h5-8,11-12H,3-4,9-10,13H2,1-2H3,(H,21,25)(H,22,28)/p+1. The van der Waals surface area contributed by atoms with E-state index in [-0.39, 0.29) is 22.8 Å². The number of hydrogen-bond acceptors (Lipinski definition) is 4. The van der Waals surface area contributed by atoms with Gasteiger partial charge in [-0.05, 0) is 56.4 Å². The Hall–Kier alpha value is -2.71. The van der Waals surface area contributed by atoms with Gasteiger partial charge in [-0.25, -0.2) is 0 Å². The van der Waals surface area contributed by atoms with Crippen molar-refractivity contribution in [1.82, 2.24) is 14.9 Å². The maximum Gasteiger partial charge on any atom is 0.262 e. The normalized spacial score (nSPS) is 11.2. The summed E-state index contributed by atoms with van der Waals surface area (Å²) in [7, 11) is 0. The maximum atomic E-state index is 12.8. The molecule has 2 heterocycles. The number of furan rings is 1. The number of nitrogens with one attached hydrogen (secondary N) is 3. The van der Waals surface area contributed by atoms with E-state index in [1.165, 1.54) is 9.47 Å². The molecule has 0 saturated heterocycles. The molecule has 3 rings (SSSR count). The van der Waals surface area contributed by atoms with Crippen LogP contribution in [0.4, 0.5) is 0 Å². The highest BCUT2D eigenvalue weighted by molar-refractivity contribution is 7.71. The minimum Gasteiger partial charge on any atom is -0.467 e. The molecule has 1 amide bonds. The van der Waals surface area contributed by atoms with E-state index >= 15 is 0 Å². The molecule has 0 fully saturated rings. The molecule has 0 unspecified atom stereocenters. The molecule has 0 radical (unpaired) electrons. The molecule has 0 aliphatic heterocycles. The molecule has 0 aliphatic carbocycles. The quantitative estimate of drug-likeness (QED) is 0.498. The number of nitrogens with zero attached hydrogens (tertiary/aromatic N) is 1. The van der Waals surface area contributed by atoms with Crippen molar-refractivity contribution in [2.45, 2.75) is 20.4 Å². The Morgan fingerprint density at radius 3 is 2.75 bits per heavy atom. The summed E-state index contributed by atoms with van der Waals surface area (Å²) in [5.41, 5.74) is 0.829. The molecule has 2 aromatic heterocycles. The lowest BCUT2D eigenvalue weighted by Crippen LogP contribution is -3.12. The van der Waals surface area contributed by atoms with Crippen LogP contribution in [0, 0.1) is 4.77 Å². The second-order valence-corrected chi connectivity index (χ2v) is 7.01. The lowest BCUT2D eigenvalue weighted by atomic mass is 10.1. The molecule has 3 N–H and O–H groups in total. The van der Waals surface area contributed by atoms with Gasteiger partial charge in [-0.1, -0.05) is 0 Å². The van der Waals surface area contributed by atoms with E-state index in [0.29, 0.717) is 28.8 Å². The number of aromatic amines is 1. The molecule has 8 heteroatoms. The first-order valence-electron chi connectivity index (χ1n) is 9.44. The number of quaternary nitrogens is 1. The van der Waals surface area contributed by atoms with Crippen LogP contribution in [0.25, 0.3) is 10.9 Å². The molecule has 3 aromatic rings. The number of carbonyl (C=O) groups excluding carboxylic acids is 1. The Balaban J connectivity index is 1.81. The summed E-state index contributed by atoms with van der Waals surface area (Å²) < 4.78 is 7.04. The smallest absolute Gasteiger partial charge is 0.262 e. The lowest BCUT2D eigenvalue weighted by molar-refractivity contribution is -0.895. The second kappa shape index (κ2) is 8.99. The van der Waals surface area contributed by atoms with Gasteiger partial charge in [0.05, 0.1) is 49.9 Å². The Bertz CT molecular complexity index is 1070. The fourth-order valence-corrected chi connectivity index (χ4v) is 3.41. The van der Waals surface area contributed by atoms with Gasteiger partial charge in [0, 0.05) is 5.56 Å². The van der Waals surface area contributed by atoms with E-state index in [0.717, 1.165) is 19.6 Å². The molecular weight excluding hydrogens is 376 g/mol. The van der Waals surface area contributed by atoms with Gasteiger partial charge in [0.25, 0.3) is 11.5 Å². The predicted molar refractivity (Wildman–Crippen MR) is 110 cm³/mol. The van der Waals surface area contributed by atoms with Crippen molar-refractivity contribution in [3.8, 4) is 0 Å². The summed E-state index contributed by atoms with van der Waals surface area (Å²) in [6, 6.07) is 8.55. The molecule has 1 aromatic carbocycles. The molecular formula is C20H25N4O3S+. The van der Waals surface area contributed by atoms with Crippen LogP contribution in [0.15, 0.2) is 45.8 Å². The predicted octanol–water partition coefficient (Wildman–Crippen LogP) is 1.35. The van der Waals surface area contributed by atoms with Gasteiger partial charge < -0.3 is 19.6 Å². The van der Waals surface area contributed by atoms with Crippen LogP contribution in [0.2, 0.25) is 0 Å². The highest BCUT2D eigenvalue weighted by atomic mass is 32.1. The van der Waals surface area contributed by atoms with E-state index in [1.54, 1.807) is 36.6 Å². The first kappa shape index (κ1) is 20.0. The van der Waals surface area contributed by atoms with Gasteiger partial charge in [-0.3, -0.25) is 14.2 Å². The first-order chi connectivity index (χ1) is 13.5. The number of fused-ring (bicyclic) bond motifs is 1. The minimum atomic E-state index is -0.216. The molecule has 7 nitrogen and oxygen atoms in total. The van der Waals surface area contributed by atoms with Crippen molar-refractivity contribution < 1.29 is 14.1 Å². The Kier molecular flexibility index (Phi) is 6.43. The van der Waals surface area contributed by atoms with Crippen molar-refractivity contribution in [2.75, 3.05) is 26.2 Å². The number of hydrogen-bond donors (Lipinski definition) is 3. The van der Waals surface area contributed by atoms with Gasteiger partial charge in [-0.2, -0.15) is 0 Å². The second-order valence-electron chi connectivity index (χ2n) is 6.62. The Morgan fingerprint density at radius 1 is 1.29 bits per heavy atom.